The minimum Gasteiger partial charge on any atom is -0.365 e. The zero-order chi connectivity index (χ0) is 16.4. The minimum absolute atomic E-state index is 0.237. The van der Waals surface area contributed by atoms with Crippen LogP contribution in [0.1, 0.15) is 25.3 Å². The van der Waals surface area contributed by atoms with Crippen molar-refractivity contribution >= 4 is 34.3 Å². The van der Waals surface area contributed by atoms with Crippen LogP contribution in [0.3, 0.4) is 0 Å². The lowest BCUT2D eigenvalue weighted by Crippen LogP contribution is -2.34. The summed E-state index contributed by atoms with van der Waals surface area (Å²) in [6.07, 6.45) is 0. The number of nitrogens with one attached hydrogen (secondary N) is 1. The third-order valence-corrected chi connectivity index (χ3v) is 4.67. The highest BCUT2D eigenvalue weighted by molar-refractivity contribution is 8.16. The number of para-hydroxylation sites is 1. The van der Waals surface area contributed by atoms with E-state index in [1.165, 1.54) is 10.5 Å². The molecule has 2 aromatic carbocycles. The molecule has 23 heavy (non-hydrogen) atoms. The van der Waals surface area contributed by atoms with Crippen molar-refractivity contribution in [1.29, 1.82) is 0 Å². The van der Waals surface area contributed by atoms with Gasteiger partial charge in [0.15, 0.2) is 5.37 Å². The number of anilines is 2. The Hall–Kier alpha value is -2.27. The molecule has 1 saturated heterocycles. The van der Waals surface area contributed by atoms with Gasteiger partial charge in [-0.3, -0.25) is 9.59 Å². The van der Waals surface area contributed by atoms with E-state index >= 15 is 0 Å². The fraction of sp³-hybridized carbons (Fsp3) is 0.222. The third kappa shape index (κ3) is 3.24. The van der Waals surface area contributed by atoms with Crippen LogP contribution in [0.15, 0.2) is 54.6 Å². The Kier molecular flexibility index (Phi) is 4.39. The molecule has 0 radical (unpaired) electrons. The average Bonchev–Trinajstić information content (AvgIpc) is 2.82. The van der Waals surface area contributed by atoms with Crippen molar-refractivity contribution in [2.75, 3.05) is 10.2 Å². The first-order valence-corrected chi connectivity index (χ1v) is 8.40. The molecule has 1 aliphatic rings. The second-order valence-corrected chi connectivity index (χ2v) is 6.75. The first-order valence-electron chi connectivity index (χ1n) is 7.52. The molecule has 118 valence electrons. The largest absolute Gasteiger partial charge is 0.365 e. The van der Waals surface area contributed by atoms with Crippen LogP contribution in [0.5, 0.6) is 0 Å². The molecule has 4 nitrogen and oxygen atoms in total. The Labute approximate surface area is 139 Å². The predicted molar refractivity (Wildman–Crippen MR) is 94.9 cm³/mol. The highest BCUT2D eigenvalue weighted by atomic mass is 32.2. The summed E-state index contributed by atoms with van der Waals surface area (Å²) in [6, 6.07) is 17.0. The van der Waals surface area contributed by atoms with Gasteiger partial charge in [-0.25, -0.2) is 4.90 Å². The molecule has 0 spiro atoms. The summed E-state index contributed by atoms with van der Waals surface area (Å²) in [5.74, 6) is 0.223. The first-order chi connectivity index (χ1) is 11.1. The first kappa shape index (κ1) is 15.6. The number of hydrogen-bond acceptors (Lipinski definition) is 4. The molecule has 1 N–H and O–H groups in total. The number of imide groups is 1. The summed E-state index contributed by atoms with van der Waals surface area (Å²) in [4.78, 5) is 25.9. The van der Waals surface area contributed by atoms with Crippen molar-refractivity contribution in [3.8, 4) is 0 Å². The van der Waals surface area contributed by atoms with Gasteiger partial charge in [0.05, 0.1) is 5.69 Å². The topological polar surface area (TPSA) is 49.4 Å². The molecule has 1 heterocycles. The molecule has 5 heteroatoms. The summed E-state index contributed by atoms with van der Waals surface area (Å²) in [6.45, 7) is 4.27. The second kappa shape index (κ2) is 6.46. The maximum atomic E-state index is 12.5. The van der Waals surface area contributed by atoms with Crippen molar-refractivity contribution in [2.45, 2.75) is 25.1 Å². The highest BCUT2D eigenvalue weighted by Gasteiger charge is 2.40. The molecule has 0 bridgehead atoms. The van der Waals surface area contributed by atoms with Gasteiger partial charge in [0.2, 0.25) is 0 Å². The van der Waals surface area contributed by atoms with E-state index in [0.29, 0.717) is 11.6 Å². The van der Waals surface area contributed by atoms with Gasteiger partial charge in [-0.2, -0.15) is 0 Å². The van der Waals surface area contributed by atoms with E-state index in [-0.39, 0.29) is 11.1 Å². The maximum absolute atomic E-state index is 12.5. The van der Waals surface area contributed by atoms with Gasteiger partial charge >= 0.3 is 0 Å². The number of benzene rings is 2. The quantitative estimate of drug-likeness (QED) is 0.902. The van der Waals surface area contributed by atoms with E-state index in [0.717, 1.165) is 17.4 Å². The summed E-state index contributed by atoms with van der Waals surface area (Å²) in [5, 5.41) is 2.30. The van der Waals surface area contributed by atoms with Crippen LogP contribution in [0.4, 0.5) is 16.2 Å². The van der Waals surface area contributed by atoms with Gasteiger partial charge in [0, 0.05) is 5.69 Å². The number of carbonyl (C=O) groups excluding carboxylic acids is 2. The van der Waals surface area contributed by atoms with Crippen LogP contribution in [0, 0.1) is 0 Å². The highest BCUT2D eigenvalue weighted by Crippen LogP contribution is 2.32. The van der Waals surface area contributed by atoms with Crippen molar-refractivity contribution in [2.24, 2.45) is 0 Å². The summed E-state index contributed by atoms with van der Waals surface area (Å²) >= 11 is 1.01. The zero-order valence-electron chi connectivity index (χ0n) is 13.0. The lowest BCUT2D eigenvalue weighted by atomic mass is 10.0. The Morgan fingerprint density at radius 3 is 2.26 bits per heavy atom. The van der Waals surface area contributed by atoms with Crippen molar-refractivity contribution in [3.63, 3.8) is 0 Å². The summed E-state index contributed by atoms with van der Waals surface area (Å²) in [7, 11) is 0. The minimum atomic E-state index is -0.590. The van der Waals surface area contributed by atoms with Crippen LogP contribution in [0.2, 0.25) is 0 Å². The van der Waals surface area contributed by atoms with Gasteiger partial charge in [0.1, 0.15) is 0 Å². The van der Waals surface area contributed by atoms with E-state index in [4.69, 9.17) is 0 Å². The zero-order valence-corrected chi connectivity index (χ0v) is 13.8. The fourth-order valence-corrected chi connectivity index (χ4v) is 3.33. The molecule has 1 unspecified atom stereocenters. The molecule has 1 atom stereocenters. The summed E-state index contributed by atoms with van der Waals surface area (Å²) < 4.78 is 0. The lowest BCUT2D eigenvalue weighted by Gasteiger charge is -2.15. The molecule has 0 saturated carbocycles. The number of nitrogens with zero attached hydrogens (tertiary/aromatic N) is 1. The molecule has 3 rings (SSSR count). The number of hydrogen-bond donors (Lipinski definition) is 1. The smallest absolute Gasteiger partial charge is 0.295 e. The normalized spacial score (nSPS) is 17.9. The molecule has 2 aromatic rings. The Bertz CT molecular complexity index is 714. The van der Waals surface area contributed by atoms with Gasteiger partial charge < -0.3 is 5.32 Å². The molecule has 1 aliphatic heterocycles. The van der Waals surface area contributed by atoms with Gasteiger partial charge in [-0.05, 0) is 47.5 Å². The second-order valence-electron chi connectivity index (χ2n) is 5.69. The van der Waals surface area contributed by atoms with Gasteiger partial charge in [-0.15, -0.1) is 0 Å². The molecular formula is C18H18N2O2S. The van der Waals surface area contributed by atoms with Gasteiger partial charge in [-0.1, -0.05) is 44.2 Å². The average molecular weight is 326 g/mol. The maximum Gasteiger partial charge on any atom is 0.295 e. The van der Waals surface area contributed by atoms with Crippen LogP contribution < -0.4 is 10.2 Å². The molecule has 0 aromatic heterocycles. The SMILES string of the molecule is CC(C)c1ccc(NC2SC(=O)N(c3ccccc3)C2=O)cc1. The van der Waals surface area contributed by atoms with Crippen molar-refractivity contribution in [3.05, 3.63) is 60.2 Å². The number of carbonyl (C=O) groups is 2. The predicted octanol–water partition coefficient (Wildman–Crippen LogP) is 4.45. The Balaban J connectivity index is 1.75. The van der Waals surface area contributed by atoms with E-state index in [2.05, 4.69) is 19.2 Å². The fourth-order valence-electron chi connectivity index (χ4n) is 2.43. The van der Waals surface area contributed by atoms with E-state index in [1.807, 2.05) is 42.5 Å². The monoisotopic (exact) mass is 326 g/mol. The molecule has 2 amide bonds. The Morgan fingerprint density at radius 2 is 1.65 bits per heavy atom. The number of thioether (sulfide) groups is 1. The van der Waals surface area contributed by atoms with E-state index in [1.54, 1.807) is 12.1 Å². The standard InChI is InChI=1S/C18H18N2O2S/c1-12(2)13-8-10-14(11-9-13)19-16-17(21)20(18(22)23-16)15-6-4-3-5-7-15/h3-12,16,19H,1-2H3. The lowest BCUT2D eigenvalue weighted by molar-refractivity contribution is -0.116. The van der Waals surface area contributed by atoms with Crippen LogP contribution in [-0.2, 0) is 4.79 Å². The Morgan fingerprint density at radius 1 is 1.00 bits per heavy atom. The van der Waals surface area contributed by atoms with Crippen LogP contribution in [-0.4, -0.2) is 16.5 Å². The van der Waals surface area contributed by atoms with Crippen LogP contribution >= 0.6 is 11.8 Å². The number of rotatable bonds is 4. The van der Waals surface area contributed by atoms with E-state index < -0.39 is 5.37 Å². The van der Waals surface area contributed by atoms with Crippen LogP contribution in [0.25, 0.3) is 0 Å². The third-order valence-electron chi connectivity index (χ3n) is 3.74. The van der Waals surface area contributed by atoms with Crippen molar-refractivity contribution in [1.82, 2.24) is 0 Å². The van der Waals surface area contributed by atoms with E-state index in [9.17, 15) is 9.59 Å². The van der Waals surface area contributed by atoms with Gasteiger partial charge in [0.25, 0.3) is 11.1 Å². The van der Waals surface area contributed by atoms with Crippen molar-refractivity contribution < 1.29 is 9.59 Å². The number of amides is 2. The molecular weight excluding hydrogens is 308 g/mol. The molecule has 1 fully saturated rings. The molecule has 0 aliphatic carbocycles. The summed E-state index contributed by atoms with van der Waals surface area (Å²) in [5.41, 5.74) is 2.68.